The van der Waals surface area contributed by atoms with E-state index in [4.69, 9.17) is 25.8 Å². The van der Waals surface area contributed by atoms with Gasteiger partial charge in [-0.05, 0) is 24.6 Å². The van der Waals surface area contributed by atoms with Gasteiger partial charge in [-0.1, -0.05) is 41.4 Å². The van der Waals surface area contributed by atoms with E-state index >= 15 is 0 Å². The third-order valence-electron chi connectivity index (χ3n) is 4.19. The lowest BCUT2D eigenvalue weighted by molar-refractivity contribution is -0.144. The van der Waals surface area contributed by atoms with Crippen LogP contribution in [0.1, 0.15) is 40.7 Å². The summed E-state index contributed by atoms with van der Waals surface area (Å²) in [5.74, 6) is 0.567. The molecule has 1 heterocycles. The number of hydrogen-bond acceptors (Lipinski definition) is 5. The summed E-state index contributed by atoms with van der Waals surface area (Å²) in [5.41, 5.74) is 2.39. The summed E-state index contributed by atoms with van der Waals surface area (Å²) in [6.45, 7) is 3.12. The smallest absolute Gasteiger partial charge is 0.306 e. The van der Waals surface area contributed by atoms with Crippen molar-refractivity contribution in [3.8, 4) is 11.5 Å². The van der Waals surface area contributed by atoms with Gasteiger partial charge in [-0.25, -0.2) is 0 Å². The van der Waals surface area contributed by atoms with E-state index in [0.29, 0.717) is 40.9 Å². The number of rotatable bonds is 6. The van der Waals surface area contributed by atoms with Gasteiger partial charge in [0.1, 0.15) is 6.61 Å². The molecule has 0 amide bonds. The minimum atomic E-state index is -0.432. The maximum Gasteiger partial charge on any atom is 0.306 e. The van der Waals surface area contributed by atoms with Gasteiger partial charge in [0.05, 0.1) is 24.7 Å². The monoisotopic (exact) mass is 388 g/mol. The third-order valence-corrected chi connectivity index (χ3v) is 4.47. The molecule has 0 radical (unpaired) electrons. The van der Waals surface area contributed by atoms with Crippen molar-refractivity contribution in [2.45, 2.75) is 32.8 Å². The van der Waals surface area contributed by atoms with E-state index in [9.17, 15) is 9.59 Å². The molecule has 0 aliphatic carbocycles. The number of Topliss-reactive ketones (excluding diaryl/α,β-unsaturated/α-hetero) is 1. The second kappa shape index (κ2) is 8.91. The largest absolute Gasteiger partial charge is 0.489 e. The lowest BCUT2D eigenvalue weighted by Gasteiger charge is -2.12. The first kappa shape index (κ1) is 19.2. The van der Waals surface area contributed by atoms with Crippen molar-refractivity contribution in [3.63, 3.8) is 0 Å². The Labute approximate surface area is 163 Å². The number of fused-ring (bicyclic) bond motifs is 1. The molecule has 2 aromatic carbocycles. The lowest BCUT2D eigenvalue weighted by atomic mass is 10.1. The highest BCUT2D eigenvalue weighted by Gasteiger charge is 2.16. The van der Waals surface area contributed by atoms with Crippen molar-refractivity contribution < 1.29 is 23.8 Å². The number of ether oxygens (including phenoxy) is 3. The molecule has 0 atom stereocenters. The van der Waals surface area contributed by atoms with Crippen LogP contribution in [0, 0.1) is 6.92 Å². The quantitative estimate of drug-likeness (QED) is 0.538. The predicted molar refractivity (Wildman–Crippen MR) is 102 cm³/mol. The summed E-state index contributed by atoms with van der Waals surface area (Å²) in [6, 6.07) is 10.7. The molecule has 0 spiro atoms. The lowest BCUT2D eigenvalue weighted by Crippen LogP contribution is -2.08. The first-order valence-corrected chi connectivity index (χ1v) is 9.24. The van der Waals surface area contributed by atoms with E-state index in [0.717, 1.165) is 12.0 Å². The van der Waals surface area contributed by atoms with E-state index in [1.165, 1.54) is 0 Å². The predicted octanol–water partition coefficient (Wildman–Crippen LogP) is 4.52. The molecule has 0 saturated heterocycles. The fourth-order valence-electron chi connectivity index (χ4n) is 2.70. The van der Waals surface area contributed by atoms with Gasteiger partial charge in [0.2, 0.25) is 0 Å². The molecule has 0 N–H and O–H groups in total. The Bertz CT molecular complexity index is 829. The van der Waals surface area contributed by atoms with Gasteiger partial charge in [0, 0.05) is 18.4 Å². The SMILES string of the molecule is Cc1ccc(C(=O)CCC(=O)OCc2cc(Cl)c3c(c2)OCCCO3)cc1. The van der Waals surface area contributed by atoms with Crippen LogP contribution in [-0.2, 0) is 16.1 Å². The molecule has 5 nitrogen and oxygen atoms in total. The number of carbonyl (C=O) groups is 2. The van der Waals surface area contributed by atoms with Gasteiger partial charge in [-0.2, -0.15) is 0 Å². The summed E-state index contributed by atoms with van der Waals surface area (Å²) in [4.78, 5) is 24.1. The number of ketones is 1. The van der Waals surface area contributed by atoms with E-state index in [1.54, 1.807) is 24.3 Å². The molecule has 1 aliphatic rings. The van der Waals surface area contributed by atoms with Crippen LogP contribution in [-0.4, -0.2) is 25.0 Å². The third kappa shape index (κ3) is 5.23. The van der Waals surface area contributed by atoms with Crippen LogP contribution in [0.5, 0.6) is 11.5 Å². The summed E-state index contributed by atoms with van der Waals surface area (Å²) < 4.78 is 16.5. The Kier molecular flexibility index (Phi) is 6.35. The van der Waals surface area contributed by atoms with Crippen LogP contribution in [0.4, 0.5) is 0 Å². The Morgan fingerprint density at radius 3 is 2.59 bits per heavy atom. The van der Waals surface area contributed by atoms with Crippen LogP contribution in [0.25, 0.3) is 0 Å². The van der Waals surface area contributed by atoms with Gasteiger partial charge < -0.3 is 14.2 Å². The van der Waals surface area contributed by atoms with E-state index in [-0.39, 0.29) is 25.2 Å². The number of benzene rings is 2. The molecule has 1 aliphatic heterocycles. The van der Waals surface area contributed by atoms with Gasteiger partial charge in [0.15, 0.2) is 17.3 Å². The van der Waals surface area contributed by atoms with Gasteiger partial charge in [-0.3, -0.25) is 9.59 Å². The van der Waals surface area contributed by atoms with Gasteiger partial charge >= 0.3 is 5.97 Å². The first-order chi connectivity index (χ1) is 13.0. The Balaban J connectivity index is 1.52. The van der Waals surface area contributed by atoms with Crippen LogP contribution in [0.15, 0.2) is 36.4 Å². The summed E-state index contributed by atoms with van der Waals surface area (Å²) in [5, 5.41) is 0.426. The minimum Gasteiger partial charge on any atom is -0.489 e. The van der Waals surface area contributed by atoms with Crippen LogP contribution < -0.4 is 9.47 Å². The molecule has 0 bridgehead atoms. The van der Waals surface area contributed by atoms with Crippen LogP contribution >= 0.6 is 11.6 Å². The average molecular weight is 389 g/mol. The molecular formula is C21H21ClO5. The molecule has 3 rings (SSSR count). The fourth-order valence-corrected chi connectivity index (χ4v) is 2.99. The zero-order chi connectivity index (χ0) is 19.2. The van der Waals surface area contributed by atoms with Crippen molar-refractivity contribution in [1.82, 2.24) is 0 Å². The number of esters is 1. The molecule has 0 fully saturated rings. The number of aryl methyl sites for hydroxylation is 1. The molecule has 0 saturated carbocycles. The highest BCUT2D eigenvalue weighted by molar-refractivity contribution is 6.32. The van der Waals surface area contributed by atoms with E-state index in [2.05, 4.69) is 0 Å². The fraction of sp³-hybridized carbons (Fsp3) is 0.333. The first-order valence-electron chi connectivity index (χ1n) is 8.86. The molecule has 27 heavy (non-hydrogen) atoms. The number of carbonyl (C=O) groups excluding carboxylic acids is 2. The van der Waals surface area contributed by atoms with Gasteiger partial charge in [-0.15, -0.1) is 0 Å². The Morgan fingerprint density at radius 1 is 1.07 bits per heavy atom. The van der Waals surface area contributed by atoms with Crippen molar-refractivity contribution >= 4 is 23.4 Å². The second-order valence-corrected chi connectivity index (χ2v) is 6.81. The molecule has 6 heteroatoms. The normalized spacial score (nSPS) is 13.0. The van der Waals surface area contributed by atoms with Crippen molar-refractivity contribution in [1.29, 1.82) is 0 Å². The highest BCUT2D eigenvalue weighted by atomic mass is 35.5. The van der Waals surface area contributed by atoms with Gasteiger partial charge in [0.25, 0.3) is 0 Å². The van der Waals surface area contributed by atoms with E-state index in [1.807, 2.05) is 19.1 Å². The Hall–Kier alpha value is -2.53. The average Bonchev–Trinajstić information content (AvgIpc) is 2.91. The zero-order valence-corrected chi connectivity index (χ0v) is 15.9. The maximum absolute atomic E-state index is 12.1. The topological polar surface area (TPSA) is 61.8 Å². The van der Waals surface area contributed by atoms with Crippen molar-refractivity contribution in [2.24, 2.45) is 0 Å². The molecule has 0 unspecified atom stereocenters. The number of halogens is 1. The van der Waals surface area contributed by atoms with Crippen LogP contribution in [0.2, 0.25) is 5.02 Å². The summed E-state index contributed by atoms with van der Waals surface area (Å²) in [7, 11) is 0. The molecular weight excluding hydrogens is 368 g/mol. The van der Waals surface area contributed by atoms with Crippen molar-refractivity contribution in [2.75, 3.05) is 13.2 Å². The van der Waals surface area contributed by atoms with Crippen LogP contribution in [0.3, 0.4) is 0 Å². The molecule has 0 aromatic heterocycles. The number of hydrogen-bond donors (Lipinski definition) is 0. The Morgan fingerprint density at radius 2 is 1.81 bits per heavy atom. The minimum absolute atomic E-state index is 0.0327. The zero-order valence-electron chi connectivity index (χ0n) is 15.1. The summed E-state index contributed by atoms with van der Waals surface area (Å²) in [6.07, 6.45) is 0.930. The summed E-state index contributed by atoms with van der Waals surface area (Å²) >= 11 is 6.23. The maximum atomic E-state index is 12.1. The standard InChI is InChI=1S/C21H21ClO5/c1-14-3-5-16(6-4-14)18(23)7-8-20(24)27-13-15-11-17(22)21-19(12-15)25-9-2-10-26-21/h3-6,11-12H,2,7-10,13H2,1H3. The molecule has 2 aromatic rings. The molecule has 142 valence electrons. The second-order valence-electron chi connectivity index (χ2n) is 6.41. The highest BCUT2D eigenvalue weighted by Crippen LogP contribution is 2.38. The van der Waals surface area contributed by atoms with E-state index < -0.39 is 5.97 Å². The van der Waals surface area contributed by atoms with Crippen molar-refractivity contribution in [3.05, 3.63) is 58.1 Å².